The number of carboxylic acid groups (broad SMARTS) is 2. The highest BCUT2D eigenvalue weighted by Crippen LogP contribution is 2.28. The van der Waals surface area contributed by atoms with E-state index in [1.54, 1.807) is 0 Å². The Morgan fingerprint density at radius 3 is 2.30 bits per heavy atom. The Bertz CT molecular complexity index is 570. The molecule has 0 aliphatic carbocycles. The highest BCUT2D eigenvalue weighted by atomic mass is 31.1. The summed E-state index contributed by atoms with van der Waals surface area (Å²) in [7, 11) is -2.48. The maximum atomic E-state index is 11.7. The molecule has 0 aromatic heterocycles. The Labute approximate surface area is 134 Å². The second kappa shape index (κ2) is 9.69. The van der Waals surface area contributed by atoms with Gasteiger partial charge in [0.05, 0.1) is 6.42 Å². The molecule has 1 aromatic rings. The lowest BCUT2D eigenvalue weighted by molar-refractivity contribution is -0.142. The minimum atomic E-state index is -2.48. The second-order valence-corrected chi connectivity index (χ2v) is 6.14. The van der Waals surface area contributed by atoms with Gasteiger partial charge in [-0.3, -0.25) is 9.59 Å². The number of carbonyl (C=O) groups is 3. The van der Waals surface area contributed by atoms with Crippen molar-refractivity contribution >= 4 is 25.9 Å². The van der Waals surface area contributed by atoms with Gasteiger partial charge in [0.1, 0.15) is 5.92 Å². The molecule has 1 aromatic carbocycles. The molecule has 0 saturated carbocycles. The van der Waals surface area contributed by atoms with Gasteiger partial charge in [0, 0.05) is 6.42 Å². The first-order valence-electron chi connectivity index (χ1n) is 7.02. The fraction of sp³-hybridized carbons (Fsp3) is 0.400. The SMILES string of the molecule is O=C(O)CCC(C[P+](=O)OC(=O)CCc1ccccc1)C(=O)O. The number of carbonyl (C=O) groups excluding carboxylic acids is 1. The van der Waals surface area contributed by atoms with E-state index in [-0.39, 0.29) is 25.4 Å². The van der Waals surface area contributed by atoms with Crippen LogP contribution in [0.2, 0.25) is 0 Å². The van der Waals surface area contributed by atoms with Gasteiger partial charge in [-0.25, -0.2) is 9.32 Å². The number of benzene rings is 1. The molecule has 0 aliphatic heterocycles. The third-order valence-corrected chi connectivity index (χ3v) is 4.24. The maximum absolute atomic E-state index is 11.7. The predicted octanol–water partition coefficient (Wildman–Crippen LogP) is 2.47. The molecule has 8 heteroatoms. The Morgan fingerprint density at radius 1 is 1.09 bits per heavy atom. The zero-order chi connectivity index (χ0) is 17.2. The van der Waals surface area contributed by atoms with Crippen molar-refractivity contribution < 1.29 is 33.7 Å². The number of carboxylic acids is 2. The number of aryl methyl sites for hydroxylation is 1. The molecular weight excluding hydrogens is 323 g/mol. The summed E-state index contributed by atoms with van der Waals surface area (Å²) in [5, 5.41) is 17.5. The van der Waals surface area contributed by atoms with Crippen molar-refractivity contribution in [3.8, 4) is 0 Å². The van der Waals surface area contributed by atoms with Gasteiger partial charge in [0.25, 0.3) is 0 Å². The summed E-state index contributed by atoms with van der Waals surface area (Å²) < 4.78 is 16.4. The first kappa shape index (κ1) is 18.8. The van der Waals surface area contributed by atoms with E-state index >= 15 is 0 Å². The molecule has 2 N–H and O–H groups in total. The Kier molecular flexibility index (Phi) is 7.91. The Hall–Kier alpha value is -2.27. The first-order chi connectivity index (χ1) is 10.9. The standard InChI is InChI=1S/C15H17O7P/c16-13(17)8-7-12(15(19)20)10-23(21)22-14(18)9-6-11-4-2-1-3-5-11/h1-5,12H,6-10H2,(H-,16,17,19,20)/p+1. The number of aliphatic carboxylic acids is 2. The van der Waals surface area contributed by atoms with Gasteiger partial charge in [0.15, 0.2) is 6.16 Å². The van der Waals surface area contributed by atoms with E-state index in [1.807, 2.05) is 30.3 Å². The van der Waals surface area contributed by atoms with Gasteiger partial charge in [-0.1, -0.05) is 30.3 Å². The van der Waals surface area contributed by atoms with Gasteiger partial charge in [0.2, 0.25) is 0 Å². The lowest BCUT2D eigenvalue weighted by atomic mass is 10.1. The quantitative estimate of drug-likeness (QED) is 0.628. The van der Waals surface area contributed by atoms with Crippen LogP contribution in [-0.2, 0) is 29.9 Å². The number of hydrogen-bond acceptors (Lipinski definition) is 5. The summed E-state index contributed by atoms with van der Waals surface area (Å²) >= 11 is 0. The van der Waals surface area contributed by atoms with Crippen molar-refractivity contribution in [3.05, 3.63) is 35.9 Å². The van der Waals surface area contributed by atoms with Gasteiger partial charge in [-0.05, 0) is 23.0 Å². The van der Waals surface area contributed by atoms with Crippen molar-refractivity contribution in [2.45, 2.75) is 25.7 Å². The summed E-state index contributed by atoms with van der Waals surface area (Å²) in [6.45, 7) is 0. The molecule has 0 fully saturated rings. The van der Waals surface area contributed by atoms with Crippen LogP contribution in [0.15, 0.2) is 30.3 Å². The highest BCUT2D eigenvalue weighted by Gasteiger charge is 2.33. The van der Waals surface area contributed by atoms with Crippen LogP contribution in [0.4, 0.5) is 0 Å². The first-order valence-corrected chi connectivity index (χ1v) is 8.38. The fourth-order valence-electron chi connectivity index (χ4n) is 1.86. The van der Waals surface area contributed by atoms with Crippen molar-refractivity contribution in [2.75, 3.05) is 6.16 Å². The molecule has 0 spiro atoms. The van der Waals surface area contributed by atoms with Crippen molar-refractivity contribution in [1.29, 1.82) is 0 Å². The monoisotopic (exact) mass is 341 g/mol. The van der Waals surface area contributed by atoms with Crippen LogP contribution in [0.25, 0.3) is 0 Å². The molecule has 1 rings (SSSR count). The molecule has 2 unspecified atom stereocenters. The molecule has 0 bridgehead atoms. The van der Waals surface area contributed by atoms with E-state index in [0.717, 1.165) is 5.56 Å². The predicted molar refractivity (Wildman–Crippen MR) is 81.3 cm³/mol. The van der Waals surface area contributed by atoms with Crippen LogP contribution < -0.4 is 0 Å². The molecule has 0 saturated heterocycles. The van der Waals surface area contributed by atoms with Crippen LogP contribution in [0.1, 0.15) is 24.8 Å². The van der Waals surface area contributed by atoms with Gasteiger partial charge in [-0.15, -0.1) is 0 Å². The third-order valence-electron chi connectivity index (χ3n) is 3.09. The highest BCUT2D eigenvalue weighted by molar-refractivity contribution is 7.39. The molecule has 0 radical (unpaired) electrons. The third kappa shape index (κ3) is 8.07. The largest absolute Gasteiger partial charge is 0.559 e. The van der Waals surface area contributed by atoms with Gasteiger partial charge in [-0.2, -0.15) is 0 Å². The zero-order valence-electron chi connectivity index (χ0n) is 12.4. The van der Waals surface area contributed by atoms with E-state index < -0.39 is 31.9 Å². The van der Waals surface area contributed by atoms with E-state index in [2.05, 4.69) is 0 Å². The summed E-state index contributed by atoms with van der Waals surface area (Å²) in [5.74, 6) is -4.17. The van der Waals surface area contributed by atoms with Crippen molar-refractivity contribution in [1.82, 2.24) is 0 Å². The number of rotatable bonds is 10. The summed E-state index contributed by atoms with van der Waals surface area (Å²) in [6, 6.07) is 9.21. The minimum absolute atomic E-state index is 0.0396. The van der Waals surface area contributed by atoms with Gasteiger partial charge < -0.3 is 10.2 Å². The molecule has 124 valence electrons. The topological polar surface area (TPSA) is 118 Å². The lowest BCUT2D eigenvalue weighted by Gasteiger charge is -2.04. The molecule has 0 heterocycles. The van der Waals surface area contributed by atoms with E-state index in [1.165, 1.54) is 0 Å². The molecule has 23 heavy (non-hydrogen) atoms. The van der Waals surface area contributed by atoms with Crippen molar-refractivity contribution in [2.24, 2.45) is 5.92 Å². The van der Waals surface area contributed by atoms with E-state index in [0.29, 0.717) is 6.42 Å². The maximum Gasteiger partial charge on any atom is 0.559 e. The molecule has 2 atom stereocenters. The zero-order valence-corrected chi connectivity index (χ0v) is 13.3. The summed E-state index contributed by atoms with van der Waals surface area (Å²) in [4.78, 5) is 33.0. The van der Waals surface area contributed by atoms with Crippen molar-refractivity contribution in [3.63, 3.8) is 0 Å². The minimum Gasteiger partial charge on any atom is -0.481 e. The van der Waals surface area contributed by atoms with Crippen LogP contribution in [0.3, 0.4) is 0 Å². The van der Waals surface area contributed by atoms with Crippen LogP contribution in [0, 0.1) is 5.92 Å². The Morgan fingerprint density at radius 2 is 1.74 bits per heavy atom. The Balaban J connectivity index is 2.39. The van der Waals surface area contributed by atoms with Crippen LogP contribution >= 0.6 is 8.03 Å². The summed E-state index contributed by atoms with van der Waals surface area (Å²) in [5.41, 5.74) is 0.935. The van der Waals surface area contributed by atoms with E-state index in [4.69, 9.17) is 14.7 Å². The second-order valence-electron chi connectivity index (χ2n) is 4.93. The lowest BCUT2D eigenvalue weighted by Crippen LogP contribution is -2.18. The smallest absolute Gasteiger partial charge is 0.481 e. The molecular formula is C15H18O7P+. The fourth-order valence-corrected chi connectivity index (χ4v) is 2.95. The molecule has 0 amide bonds. The summed E-state index contributed by atoms with van der Waals surface area (Å²) in [6.07, 6.45) is -0.410. The normalized spacial score (nSPS) is 12.3. The van der Waals surface area contributed by atoms with E-state index in [9.17, 15) is 18.9 Å². The molecule has 0 aliphatic rings. The average Bonchev–Trinajstić information content (AvgIpc) is 2.50. The molecule has 7 nitrogen and oxygen atoms in total. The van der Waals surface area contributed by atoms with Crippen LogP contribution in [0.5, 0.6) is 0 Å². The van der Waals surface area contributed by atoms with Crippen LogP contribution in [-0.4, -0.2) is 34.3 Å². The number of hydrogen-bond donors (Lipinski definition) is 2. The van der Waals surface area contributed by atoms with Gasteiger partial charge >= 0.3 is 25.9 Å². The average molecular weight is 341 g/mol.